The zero-order valence-electron chi connectivity index (χ0n) is 9.86. The molecule has 1 fully saturated rings. The van der Waals surface area contributed by atoms with Crippen molar-refractivity contribution in [3.63, 3.8) is 0 Å². The maximum absolute atomic E-state index is 12.1. The van der Waals surface area contributed by atoms with Crippen molar-refractivity contribution in [2.75, 3.05) is 13.1 Å². The summed E-state index contributed by atoms with van der Waals surface area (Å²) >= 11 is 0. The van der Waals surface area contributed by atoms with Gasteiger partial charge in [0.25, 0.3) is 15.0 Å². The third-order valence-electron chi connectivity index (χ3n) is 3.06. The lowest BCUT2D eigenvalue weighted by Gasteiger charge is -2.19. The Morgan fingerprint density at radius 1 is 1.22 bits per heavy atom. The number of aromatic nitrogens is 1. The van der Waals surface area contributed by atoms with Crippen LogP contribution < -0.4 is 0 Å². The van der Waals surface area contributed by atoms with Crippen molar-refractivity contribution in [3.8, 4) is 0 Å². The third kappa shape index (κ3) is 3.05. The largest absolute Gasteiger partial charge is 0.356 e. The minimum atomic E-state index is -3.78. The summed E-state index contributed by atoms with van der Waals surface area (Å²) in [5.41, 5.74) is 0.274. The van der Waals surface area contributed by atoms with Gasteiger partial charge in [0, 0.05) is 30.0 Å². The minimum Gasteiger partial charge on any atom is -0.356 e. The van der Waals surface area contributed by atoms with Crippen LogP contribution in [-0.2, 0) is 9.05 Å². The lowest BCUT2D eigenvalue weighted by Crippen LogP contribution is -2.32. The molecule has 0 spiro atoms. The summed E-state index contributed by atoms with van der Waals surface area (Å²) in [7, 11) is 1.43. The molecule has 18 heavy (non-hydrogen) atoms. The standard InChI is InChI=1S/C11H15ClN2O3S/c12-18(16,17)9-7-10(13-8-9)11(15)14-5-3-1-2-4-6-14/h7-8,13H,1-6H2. The normalized spacial score (nSPS) is 17.5. The average Bonchev–Trinajstić information content (AvgIpc) is 2.65. The highest BCUT2D eigenvalue weighted by Gasteiger charge is 2.21. The first-order chi connectivity index (χ1) is 8.48. The number of hydrogen-bond acceptors (Lipinski definition) is 3. The number of aromatic amines is 1. The Morgan fingerprint density at radius 2 is 1.83 bits per heavy atom. The second-order valence-corrected chi connectivity index (χ2v) is 6.96. The van der Waals surface area contributed by atoms with Gasteiger partial charge in [0.1, 0.15) is 10.6 Å². The van der Waals surface area contributed by atoms with Crippen molar-refractivity contribution in [1.82, 2.24) is 9.88 Å². The molecule has 1 aliphatic heterocycles. The van der Waals surface area contributed by atoms with E-state index in [1.54, 1.807) is 4.90 Å². The summed E-state index contributed by atoms with van der Waals surface area (Å²) in [6.45, 7) is 1.45. The number of carbonyl (C=O) groups excluding carboxylic acids is 1. The van der Waals surface area contributed by atoms with Gasteiger partial charge in [0.05, 0.1) is 0 Å². The molecule has 1 amide bonds. The van der Waals surface area contributed by atoms with Crippen molar-refractivity contribution in [1.29, 1.82) is 0 Å². The van der Waals surface area contributed by atoms with Crippen molar-refractivity contribution in [3.05, 3.63) is 18.0 Å². The number of nitrogens with zero attached hydrogens (tertiary/aromatic N) is 1. The zero-order chi connectivity index (χ0) is 13.2. The summed E-state index contributed by atoms with van der Waals surface area (Å²) < 4.78 is 22.2. The molecule has 0 atom stereocenters. The van der Waals surface area contributed by atoms with E-state index in [0.717, 1.165) is 38.8 Å². The molecule has 1 aromatic heterocycles. The number of amides is 1. The average molecular weight is 291 g/mol. The third-order valence-corrected chi connectivity index (χ3v) is 4.40. The number of H-pyrrole nitrogens is 1. The quantitative estimate of drug-likeness (QED) is 0.847. The molecule has 0 bridgehead atoms. The van der Waals surface area contributed by atoms with Crippen LogP contribution in [-0.4, -0.2) is 37.3 Å². The Morgan fingerprint density at radius 3 is 2.33 bits per heavy atom. The Hall–Kier alpha value is -1.01. The highest BCUT2D eigenvalue weighted by atomic mass is 35.7. The van der Waals surface area contributed by atoms with Crippen LogP contribution in [0.2, 0.25) is 0 Å². The summed E-state index contributed by atoms with van der Waals surface area (Å²) in [6.07, 6.45) is 5.50. The van der Waals surface area contributed by atoms with Gasteiger partial charge in [-0.2, -0.15) is 0 Å². The monoisotopic (exact) mass is 290 g/mol. The molecular weight excluding hydrogens is 276 g/mol. The Kier molecular flexibility index (Phi) is 3.97. The van der Waals surface area contributed by atoms with Crippen LogP contribution in [0, 0.1) is 0 Å². The number of hydrogen-bond donors (Lipinski definition) is 1. The van der Waals surface area contributed by atoms with Gasteiger partial charge in [0.2, 0.25) is 0 Å². The topological polar surface area (TPSA) is 70.2 Å². The number of likely N-dealkylation sites (tertiary alicyclic amines) is 1. The van der Waals surface area contributed by atoms with Gasteiger partial charge in [-0.15, -0.1) is 0 Å². The van der Waals surface area contributed by atoms with E-state index < -0.39 is 9.05 Å². The predicted molar refractivity (Wildman–Crippen MR) is 68.2 cm³/mol. The Balaban J connectivity index is 2.15. The molecule has 2 heterocycles. The summed E-state index contributed by atoms with van der Waals surface area (Å²) in [5.74, 6) is -0.163. The van der Waals surface area contributed by atoms with Gasteiger partial charge < -0.3 is 9.88 Å². The van der Waals surface area contributed by atoms with Gasteiger partial charge in [-0.1, -0.05) is 12.8 Å². The molecule has 0 radical (unpaired) electrons. The lowest BCUT2D eigenvalue weighted by molar-refractivity contribution is 0.0756. The fourth-order valence-electron chi connectivity index (χ4n) is 2.08. The number of halogens is 1. The first-order valence-electron chi connectivity index (χ1n) is 5.91. The van der Waals surface area contributed by atoms with Crippen LogP contribution in [0.25, 0.3) is 0 Å². The Bertz CT molecular complexity index is 530. The molecule has 2 rings (SSSR count). The summed E-state index contributed by atoms with van der Waals surface area (Å²) in [6, 6.07) is 1.29. The number of rotatable bonds is 2. The number of carbonyl (C=O) groups is 1. The smallest absolute Gasteiger partial charge is 0.270 e. The molecule has 7 heteroatoms. The maximum atomic E-state index is 12.1. The highest BCUT2D eigenvalue weighted by Crippen LogP contribution is 2.18. The van der Waals surface area contributed by atoms with Gasteiger partial charge in [-0.3, -0.25) is 4.79 Å². The minimum absolute atomic E-state index is 0.0673. The highest BCUT2D eigenvalue weighted by molar-refractivity contribution is 8.13. The SMILES string of the molecule is O=C(c1cc(S(=O)(=O)Cl)c[nH]1)N1CCCCCC1. The predicted octanol–water partition coefficient (Wildman–Crippen LogP) is 1.96. The molecule has 0 aromatic carbocycles. The molecule has 1 aromatic rings. The molecule has 1 N–H and O–H groups in total. The molecule has 100 valence electrons. The van der Waals surface area contributed by atoms with Crippen molar-refractivity contribution in [2.24, 2.45) is 0 Å². The molecular formula is C11H15ClN2O3S. The molecule has 0 saturated carbocycles. The van der Waals surface area contributed by atoms with E-state index in [2.05, 4.69) is 4.98 Å². The van der Waals surface area contributed by atoms with Gasteiger partial charge in [-0.25, -0.2) is 8.42 Å². The van der Waals surface area contributed by atoms with E-state index in [0.29, 0.717) is 0 Å². The zero-order valence-corrected chi connectivity index (χ0v) is 11.4. The van der Waals surface area contributed by atoms with Crippen LogP contribution in [0.3, 0.4) is 0 Å². The van der Waals surface area contributed by atoms with Gasteiger partial charge in [0.15, 0.2) is 0 Å². The van der Waals surface area contributed by atoms with Crippen molar-refractivity contribution >= 4 is 25.6 Å². The summed E-state index contributed by atoms with van der Waals surface area (Å²) in [5, 5.41) is 0. The van der Waals surface area contributed by atoms with E-state index in [-0.39, 0.29) is 16.5 Å². The van der Waals surface area contributed by atoms with Crippen LogP contribution in [0.4, 0.5) is 0 Å². The fourth-order valence-corrected chi connectivity index (χ4v) is 2.81. The van der Waals surface area contributed by atoms with E-state index in [1.807, 2.05) is 0 Å². The van der Waals surface area contributed by atoms with Crippen molar-refractivity contribution < 1.29 is 13.2 Å². The fraction of sp³-hybridized carbons (Fsp3) is 0.545. The van der Waals surface area contributed by atoms with Gasteiger partial charge >= 0.3 is 0 Å². The second kappa shape index (κ2) is 5.32. The van der Waals surface area contributed by atoms with E-state index in [1.165, 1.54) is 12.3 Å². The van der Waals surface area contributed by atoms with E-state index >= 15 is 0 Å². The van der Waals surface area contributed by atoms with Crippen molar-refractivity contribution in [2.45, 2.75) is 30.6 Å². The second-order valence-electron chi connectivity index (χ2n) is 4.39. The summed E-state index contributed by atoms with van der Waals surface area (Å²) in [4.78, 5) is 16.5. The molecule has 1 saturated heterocycles. The molecule has 0 unspecified atom stereocenters. The molecule has 5 nitrogen and oxygen atoms in total. The first-order valence-corrected chi connectivity index (χ1v) is 8.22. The van der Waals surface area contributed by atoms with E-state index in [4.69, 9.17) is 10.7 Å². The van der Waals surface area contributed by atoms with Crippen LogP contribution in [0.1, 0.15) is 36.2 Å². The first kappa shape index (κ1) is 13.4. The molecule has 0 aliphatic carbocycles. The van der Waals surface area contributed by atoms with Gasteiger partial charge in [-0.05, 0) is 18.9 Å². The number of nitrogens with one attached hydrogen (secondary N) is 1. The Labute approximate surface area is 111 Å². The maximum Gasteiger partial charge on any atom is 0.270 e. The van der Waals surface area contributed by atoms with Crippen LogP contribution in [0.5, 0.6) is 0 Å². The van der Waals surface area contributed by atoms with Crippen LogP contribution in [0.15, 0.2) is 17.2 Å². The molecule has 1 aliphatic rings. The lowest BCUT2D eigenvalue weighted by atomic mass is 10.2. The van der Waals surface area contributed by atoms with Crippen LogP contribution >= 0.6 is 10.7 Å². The van der Waals surface area contributed by atoms with E-state index in [9.17, 15) is 13.2 Å².